The van der Waals surface area contributed by atoms with Crippen LogP contribution in [-0.2, 0) is 10.2 Å². The van der Waals surface area contributed by atoms with Crippen LogP contribution < -0.4 is 9.47 Å². The molecule has 0 radical (unpaired) electrons. The largest absolute Gasteiger partial charge is 0.493 e. The molecule has 3 nitrogen and oxygen atoms in total. The second-order valence-electron chi connectivity index (χ2n) is 3.96. The quantitative estimate of drug-likeness (QED) is 0.798. The lowest BCUT2D eigenvalue weighted by molar-refractivity contribution is -0.109. The summed E-state index contributed by atoms with van der Waals surface area (Å²) < 4.78 is 11.3. The van der Waals surface area contributed by atoms with Crippen LogP contribution in [0.5, 0.6) is 11.5 Å². The lowest BCUT2D eigenvalue weighted by atomic mass is 9.97. The van der Waals surface area contributed by atoms with Crippen molar-refractivity contribution >= 4 is 22.2 Å². The second-order valence-corrected chi connectivity index (χ2v) is 4.82. The summed E-state index contributed by atoms with van der Waals surface area (Å²) in [5.41, 5.74) is 0.679. The van der Waals surface area contributed by atoms with Crippen LogP contribution in [0.2, 0.25) is 0 Å². The first-order chi connectivity index (χ1) is 7.66. The van der Waals surface area contributed by atoms with Crippen molar-refractivity contribution in [1.29, 1.82) is 0 Å². The van der Waals surface area contributed by atoms with Crippen molar-refractivity contribution in [3.05, 3.63) is 22.2 Å². The molecule has 1 saturated carbocycles. The molecule has 1 aromatic rings. The Hall–Kier alpha value is -1.03. The number of carbonyl (C=O) groups is 1. The fraction of sp³-hybridized carbons (Fsp3) is 0.417. The molecule has 0 bridgehead atoms. The van der Waals surface area contributed by atoms with Gasteiger partial charge in [0.2, 0.25) is 0 Å². The van der Waals surface area contributed by atoms with Crippen LogP contribution in [-0.4, -0.2) is 20.5 Å². The van der Waals surface area contributed by atoms with Gasteiger partial charge in [0.15, 0.2) is 11.5 Å². The Kier molecular flexibility index (Phi) is 2.93. The second kappa shape index (κ2) is 4.09. The molecule has 1 aliphatic rings. The molecule has 1 aliphatic carbocycles. The van der Waals surface area contributed by atoms with Crippen molar-refractivity contribution in [1.82, 2.24) is 0 Å². The number of methoxy groups -OCH3 is 2. The number of hydrogen-bond donors (Lipinski definition) is 0. The van der Waals surface area contributed by atoms with Gasteiger partial charge in [-0.15, -0.1) is 0 Å². The molecule has 0 atom stereocenters. The van der Waals surface area contributed by atoms with E-state index in [2.05, 4.69) is 15.9 Å². The van der Waals surface area contributed by atoms with E-state index >= 15 is 0 Å². The monoisotopic (exact) mass is 284 g/mol. The van der Waals surface area contributed by atoms with Gasteiger partial charge >= 0.3 is 0 Å². The van der Waals surface area contributed by atoms with Gasteiger partial charge < -0.3 is 14.3 Å². The van der Waals surface area contributed by atoms with Crippen LogP contribution in [0, 0.1) is 0 Å². The maximum absolute atomic E-state index is 11.1. The van der Waals surface area contributed by atoms with E-state index in [4.69, 9.17) is 9.47 Å². The SMILES string of the molecule is COc1cc(Br)c(C2(C=O)CC2)cc1OC. The van der Waals surface area contributed by atoms with Crippen LogP contribution >= 0.6 is 15.9 Å². The minimum Gasteiger partial charge on any atom is -0.493 e. The number of ether oxygens (including phenoxy) is 2. The van der Waals surface area contributed by atoms with E-state index in [0.717, 1.165) is 29.2 Å². The Bertz CT molecular complexity index is 425. The van der Waals surface area contributed by atoms with Crippen molar-refractivity contribution in [3.8, 4) is 11.5 Å². The van der Waals surface area contributed by atoms with Gasteiger partial charge in [-0.25, -0.2) is 0 Å². The minimum atomic E-state index is -0.307. The Morgan fingerprint density at radius 2 is 1.81 bits per heavy atom. The number of carbonyl (C=O) groups excluding carboxylic acids is 1. The number of benzene rings is 1. The smallest absolute Gasteiger partial charge is 0.161 e. The van der Waals surface area contributed by atoms with E-state index in [1.165, 1.54) is 0 Å². The van der Waals surface area contributed by atoms with Crippen LogP contribution in [0.4, 0.5) is 0 Å². The van der Waals surface area contributed by atoms with Gasteiger partial charge in [0.05, 0.1) is 19.6 Å². The normalized spacial score (nSPS) is 16.7. The number of rotatable bonds is 4. The zero-order chi connectivity index (χ0) is 11.8. The highest BCUT2D eigenvalue weighted by molar-refractivity contribution is 9.10. The zero-order valence-electron chi connectivity index (χ0n) is 9.25. The van der Waals surface area contributed by atoms with Crippen LogP contribution in [0.15, 0.2) is 16.6 Å². The van der Waals surface area contributed by atoms with Gasteiger partial charge in [-0.1, -0.05) is 15.9 Å². The van der Waals surface area contributed by atoms with E-state index in [1.54, 1.807) is 14.2 Å². The molecule has 0 saturated heterocycles. The highest BCUT2D eigenvalue weighted by Crippen LogP contribution is 2.51. The third-order valence-corrected chi connectivity index (χ3v) is 3.68. The van der Waals surface area contributed by atoms with Crippen LogP contribution in [0.3, 0.4) is 0 Å². The van der Waals surface area contributed by atoms with Crippen molar-refractivity contribution in [2.24, 2.45) is 0 Å². The maximum atomic E-state index is 11.1. The molecule has 86 valence electrons. The van der Waals surface area contributed by atoms with Crippen LogP contribution in [0.1, 0.15) is 18.4 Å². The summed E-state index contributed by atoms with van der Waals surface area (Å²) in [7, 11) is 3.19. The predicted molar refractivity (Wildman–Crippen MR) is 64.2 cm³/mol. The fourth-order valence-corrected chi connectivity index (χ4v) is 2.54. The number of aldehydes is 1. The molecule has 0 aliphatic heterocycles. The van der Waals surface area contributed by atoms with Crippen molar-refractivity contribution < 1.29 is 14.3 Å². The van der Waals surface area contributed by atoms with Gasteiger partial charge in [0.1, 0.15) is 6.29 Å². The summed E-state index contributed by atoms with van der Waals surface area (Å²) in [5.74, 6) is 1.33. The molecular formula is C12H13BrO3. The summed E-state index contributed by atoms with van der Waals surface area (Å²) >= 11 is 3.47. The predicted octanol–water partition coefficient (Wildman–Crippen LogP) is 2.70. The number of hydrogen-bond acceptors (Lipinski definition) is 3. The van der Waals surface area contributed by atoms with Crippen LogP contribution in [0.25, 0.3) is 0 Å². The van der Waals surface area contributed by atoms with E-state index in [0.29, 0.717) is 11.5 Å². The molecule has 2 rings (SSSR count). The summed E-state index contributed by atoms with van der Waals surface area (Å²) in [5, 5.41) is 0. The Morgan fingerprint density at radius 3 is 2.25 bits per heavy atom. The first-order valence-corrected chi connectivity index (χ1v) is 5.84. The number of halogens is 1. The summed E-state index contributed by atoms with van der Waals surface area (Å²) in [4.78, 5) is 11.1. The first kappa shape index (κ1) is 11.5. The molecule has 0 aromatic heterocycles. The van der Waals surface area contributed by atoms with E-state index in [1.807, 2.05) is 12.1 Å². The minimum absolute atomic E-state index is 0.307. The standard InChI is InChI=1S/C12H13BrO3/c1-15-10-5-8(12(7-14)3-4-12)9(13)6-11(10)16-2/h5-7H,3-4H2,1-2H3. The lowest BCUT2D eigenvalue weighted by Gasteiger charge is -2.15. The Labute approximate surface area is 103 Å². The molecule has 0 spiro atoms. The molecule has 0 N–H and O–H groups in total. The Balaban J connectivity index is 2.51. The maximum Gasteiger partial charge on any atom is 0.161 e. The van der Waals surface area contributed by atoms with E-state index in [9.17, 15) is 4.79 Å². The topological polar surface area (TPSA) is 35.5 Å². The van der Waals surface area contributed by atoms with Crippen molar-refractivity contribution in [2.75, 3.05) is 14.2 Å². The molecular weight excluding hydrogens is 272 g/mol. The third-order valence-electron chi connectivity index (χ3n) is 3.02. The third kappa shape index (κ3) is 1.71. The van der Waals surface area contributed by atoms with Crippen molar-refractivity contribution in [2.45, 2.75) is 18.3 Å². The lowest BCUT2D eigenvalue weighted by Crippen LogP contribution is -2.09. The molecule has 0 heterocycles. The summed E-state index contributed by atoms with van der Waals surface area (Å²) in [6.45, 7) is 0. The molecule has 0 amide bonds. The first-order valence-electron chi connectivity index (χ1n) is 5.05. The van der Waals surface area contributed by atoms with Gasteiger partial charge in [-0.3, -0.25) is 0 Å². The molecule has 0 unspecified atom stereocenters. The van der Waals surface area contributed by atoms with E-state index < -0.39 is 0 Å². The zero-order valence-corrected chi connectivity index (χ0v) is 10.8. The van der Waals surface area contributed by atoms with Gasteiger partial charge in [-0.05, 0) is 30.5 Å². The van der Waals surface area contributed by atoms with Crippen molar-refractivity contribution in [3.63, 3.8) is 0 Å². The summed E-state index contributed by atoms with van der Waals surface area (Å²) in [6, 6.07) is 3.72. The van der Waals surface area contributed by atoms with Gasteiger partial charge in [0, 0.05) is 4.47 Å². The average Bonchev–Trinajstić information content (AvgIpc) is 3.09. The summed E-state index contributed by atoms with van der Waals surface area (Å²) in [6.07, 6.45) is 2.84. The Morgan fingerprint density at radius 1 is 1.25 bits per heavy atom. The molecule has 4 heteroatoms. The highest BCUT2D eigenvalue weighted by atomic mass is 79.9. The molecule has 1 fully saturated rings. The molecule has 16 heavy (non-hydrogen) atoms. The van der Waals surface area contributed by atoms with E-state index in [-0.39, 0.29) is 5.41 Å². The van der Waals surface area contributed by atoms with Gasteiger partial charge in [-0.2, -0.15) is 0 Å². The highest BCUT2D eigenvalue weighted by Gasteiger charge is 2.46. The van der Waals surface area contributed by atoms with Gasteiger partial charge in [0.25, 0.3) is 0 Å². The fourth-order valence-electron chi connectivity index (χ4n) is 1.82. The molecule has 1 aromatic carbocycles. The average molecular weight is 285 g/mol.